The van der Waals surface area contributed by atoms with Gasteiger partial charge in [0.15, 0.2) is 0 Å². The van der Waals surface area contributed by atoms with Crippen LogP contribution in [0, 0.1) is 0 Å². The summed E-state index contributed by atoms with van der Waals surface area (Å²) in [5, 5.41) is 20.0. The van der Waals surface area contributed by atoms with Gasteiger partial charge >= 0.3 is 0 Å². The zero-order valence-corrected chi connectivity index (χ0v) is 12.5. The van der Waals surface area contributed by atoms with Crippen molar-refractivity contribution < 1.29 is 10.2 Å². The van der Waals surface area contributed by atoms with Crippen molar-refractivity contribution >= 4 is 11.9 Å². The highest BCUT2D eigenvalue weighted by Crippen LogP contribution is 2.28. The van der Waals surface area contributed by atoms with E-state index >= 15 is 0 Å². The molecule has 3 nitrogen and oxygen atoms in total. The number of aromatic hydroxyl groups is 2. The quantitative estimate of drug-likeness (QED) is 0.801. The van der Waals surface area contributed by atoms with Gasteiger partial charge in [-0.2, -0.15) is 0 Å². The number of phenols is 2. The molecule has 0 atom stereocenters. The molecule has 110 valence electrons. The molecular weight excluding hydrogens is 262 g/mol. The highest BCUT2D eigenvalue weighted by atomic mass is 16.3. The number of hydrogen-bond acceptors (Lipinski definition) is 3. The third kappa shape index (κ3) is 3.63. The highest BCUT2D eigenvalue weighted by Gasteiger charge is 2.04. The van der Waals surface area contributed by atoms with Crippen molar-refractivity contribution in [3.8, 4) is 11.5 Å². The van der Waals surface area contributed by atoms with Gasteiger partial charge in [-0.25, -0.2) is 0 Å². The molecule has 21 heavy (non-hydrogen) atoms. The lowest BCUT2D eigenvalue weighted by atomic mass is 10.1. The molecule has 0 spiro atoms. The molecule has 0 aliphatic carbocycles. The van der Waals surface area contributed by atoms with Crippen LogP contribution in [0.15, 0.2) is 41.4 Å². The molecule has 2 aromatic rings. The summed E-state index contributed by atoms with van der Waals surface area (Å²) in [4.78, 5) is 4.32. The number of aryl methyl sites for hydroxylation is 2. The van der Waals surface area contributed by atoms with Gasteiger partial charge in [-0.3, -0.25) is 4.99 Å². The molecule has 0 aromatic heterocycles. The van der Waals surface area contributed by atoms with E-state index in [2.05, 4.69) is 11.9 Å². The van der Waals surface area contributed by atoms with E-state index in [9.17, 15) is 10.2 Å². The standard InChI is InChI=1S/C18H21NO2/c1-3-6-13-9-10-17(20)16(11-13)19-12-15-8-5-7-14(4-2)18(15)21/h5,7-12,20-21H,3-4,6H2,1-2H3. The van der Waals surface area contributed by atoms with Crippen LogP contribution < -0.4 is 0 Å². The summed E-state index contributed by atoms with van der Waals surface area (Å²) in [6.45, 7) is 4.11. The lowest BCUT2D eigenvalue weighted by molar-refractivity contribution is 0.468. The van der Waals surface area contributed by atoms with Crippen LogP contribution in [-0.2, 0) is 12.8 Å². The molecule has 0 radical (unpaired) electrons. The molecule has 0 fully saturated rings. The van der Waals surface area contributed by atoms with E-state index in [0.717, 1.165) is 30.4 Å². The fourth-order valence-electron chi connectivity index (χ4n) is 2.26. The van der Waals surface area contributed by atoms with Crippen LogP contribution in [0.25, 0.3) is 0 Å². The van der Waals surface area contributed by atoms with Crippen LogP contribution in [0.1, 0.15) is 37.0 Å². The lowest BCUT2D eigenvalue weighted by Gasteiger charge is -2.05. The maximum absolute atomic E-state index is 10.1. The molecule has 0 amide bonds. The van der Waals surface area contributed by atoms with E-state index in [1.165, 1.54) is 0 Å². The largest absolute Gasteiger partial charge is 0.507 e. The van der Waals surface area contributed by atoms with Crippen molar-refractivity contribution in [2.75, 3.05) is 0 Å². The lowest BCUT2D eigenvalue weighted by Crippen LogP contribution is -1.88. The summed E-state index contributed by atoms with van der Waals surface area (Å²) in [7, 11) is 0. The summed E-state index contributed by atoms with van der Waals surface area (Å²) >= 11 is 0. The number of rotatable bonds is 5. The van der Waals surface area contributed by atoms with Crippen LogP contribution in [0.3, 0.4) is 0 Å². The molecule has 0 bridgehead atoms. The van der Waals surface area contributed by atoms with E-state index in [-0.39, 0.29) is 11.5 Å². The second-order valence-electron chi connectivity index (χ2n) is 5.04. The van der Waals surface area contributed by atoms with Crippen molar-refractivity contribution in [1.82, 2.24) is 0 Å². The minimum Gasteiger partial charge on any atom is -0.507 e. The average molecular weight is 283 g/mol. The van der Waals surface area contributed by atoms with Crippen LogP contribution in [0.4, 0.5) is 5.69 Å². The Labute approximate surface area is 125 Å². The first-order valence-electron chi connectivity index (χ1n) is 7.32. The van der Waals surface area contributed by atoms with E-state index in [0.29, 0.717) is 11.3 Å². The third-order valence-electron chi connectivity index (χ3n) is 3.45. The molecule has 2 aromatic carbocycles. The minimum atomic E-state index is 0.150. The smallest absolute Gasteiger partial charge is 0.141 e. The Hall–Kier alpha value is -2.29. The Morgan fingerprint density at radius 2 is 1.90 bits per heavy atom. The zero-order valence-electron chi connectivity index (χ0n) is 12.5. The van der Waals surface area contributed by atoms with Gasteiger partial charge in [0.05, 0.1) is 0 Å². The van der Waals surface area contributed by atoms with Crippen molar-refractivity contribution in [2.24, 2.45) is 4.99 Å². The molecular formula is C18H21NO2. The monoisotopic (exact) mass is 283 g/mol. The Morgan fingerprint density at radius 3 is 2.62 bits per heavy atom. The van der Waals surface area contributed by atoms with Crippen LogP contribution in [0.5, 0.6) is 11.5 Å². The molecule has 0 heterocycles. The maximum atomic E-state index is 10.1. The SMILES string of the molecule is CCCc1ccc(O)c(N=Cc2cccc(CC)c2O)c1. The van der Waals surface area contributed by atoms with Gasteiger partial charge in [-0.05, 0) is 42.2 Å². The number of para-hydroxylation sites is 1. The van der Waals surface area contributed by atoms with Gasteiger partial charge < -0.3 is 10.2 Å². The summed E-state index contributed by atoms with van der Waals surface area (Å²) in [5.41, 5.74) is 3.23. The molecule has 2 rings (SSSR count). The first-order chi connectivity index (χ1) is 10.2. The number of benzene rings is 2. The van der Waals surface area contributed by atoms with Crippen molar-refractivity contribution in [2.45, 2.75) is 33.1 Å². The summed E-state index contributed by atoms with van der Waals surface area (Å²) in [6, 6.07) is 11.1. The zero-order chi connectivity index (χ0) is 15.2. The molecule has 2 N–H and O–H groups in total. The summed E-state index contributed by atoms with van der Waals surface area (Å²) in [6.07, 6.45) is 4.37. The van der Waals surface area contributed by atoms with E-state index in [4.69, 9.17) is 0 Å². The summed E-state index contributed by atoms with van der Waals surface area (Å²) in [5.74, 6) is 0.408. The molecule has 0 aliphatic heterocycles. The minimum absolute atomic E-state index is 0.150. The molecule has 0 aliphatic rings. The van der Waals surface area contributed by atoms with Crippen LogP contribution in [-0.4, -0.2) is 16.4 Å². The molecule has 3 heteroatoms. The van der Waals surface area contributed by atoms with Crippen molar-refractivity contribution in [3.63, 3.8) is 0 Å². The normalized spacial score (nSPS) is 11.1. The predicted octanol–water partition coefficient (Wildman–Crippen LogP) is 4.36. The second-order valence-corrected chi connectivity index (χ2v) is 5.04. The second kappa shape index (κ2) is 6.93. The molecule has 0 unspecified atom stereocenters. The van der Waals surface area contributed by atoms with Gasteiger partial charge in [0.2, 0.25) is 0 Å². The van der Waals surface area contributed by atoms with Gasteiger partial charge in [0.1, 0.15) is 17.2 Å². The van der Waals surface area contributed by atoms with Crippen molar-refractivity contribution in [1.29, 1.82) is 0 Å². The Balaban J connectivity index is 2.31. The fourth-order valence-corrected chi connectivity index (χ4v) is 2.26. The van der Waals surface area contributed by atoms with Crippen molar-refractivity contribution in [3.05, 3.63) is 53.1 Å². The number of aliphatic imine (C=N–C) groups is 1. The number of phenolic OH excluding ortho intramolecular Hbond substituents is 2. The Bertz CT molecular complexity index is 648. The van der Waals surface area contributed by atoms with Gasteiger partial charge in [0.25, 0.3) is 0 Å². The molecule has 0 saturated heterocycles. The van der Waals surface area contributed by atoms with E-state index in [1.54, 1.807) is 12.3 Å². The van der Waals surface area contributed by atoms with Gasteiger partial charge in [0, 0.05) is 11.8 Å². The summed E-state index contributed by atoms with van der Waals surface area (Å²) < 4.78 is 0. The maximum Gasteiger partial charge on any atom is 0.141 e. The third-order valence-corrected chi connectivity index (χ3v) is 3.45. The van der Waals surface area contributed by atoms with Crippen LogP contribution >= 0.6 is 0 Å². The van der Waals surface area contributed by atoms with Crippen LogP contribution in [0.2, 0.25) is 0 Å². The van der Waals surface area contributed by atoms with E-state index in [1.807, 2.05) is 37.3 Å². The number of nitrogens with zero attached hydrogens (tertiary/aromatic N) is 1. The number of hydrogen-bond donors (Lipinski definition) is 2. The predicted molar refractivity (Wildman–Crippen MR) is 86.8 cm³/mol. The first kappa shape index (κ1) is 15.1. The van der Waals surface area contributed by atoms with E-state index < -0.39 is 0 Å². The first-order valence-corrected chi connectivity index (χ1v) is 7.32. The average Bonchev–Trinajstić information content (AvgIpc) is 2.49. The molecule has 0 saturated carbocycles. The highest BCUT2D eigenvalue weighted by molar-refractivity contribution is 5.86. The Morgan fingerprint density at radius 1 is 1.10 bits per heavy atom. The fraction of sp³-hybridized carbons (Fsp3) is 0.278. The topological polar surface area (TPSA) is 52.8 Å². The van der Waals surface area contributed by atoms with Gasteiger partial charge in [-0.15, -0.1) is 0 Å². The Kier molecular flexibility index (Phi) is 4.99. The van der Waals surface area contributed by atoms with Gasteiger partial charge in [-0.1, -0.05) is 38.5 Å².